The lowest BCUT2D eigenvalue weighted by molar-refractivity contribution is 0.0596. The molecular formula is C21H20N2O4. The molecular weight excluding hydrogens is 344 g/mol. The van der Waals surface area contributed by atoms with Crippen molar-refractivity contribution < 1.29 is 19.1 Å². The summed E-state index contributed by atoms with van der Waals surface area (Å²) < 4.78 is 4.68. The van der Waals surface area contributed by atoms with E-state index in [9.17, 15) is 14.4 Å². The minimum absolute atomic E-state index is 0.0777. The maximum atomic E-state index is 12.3. The quantitative estimate of drug-likeness (QED) is 0.665. The van der Waals surface area contributed by atoms with Gasteiger partial charge in [-0.3, -0.25) is 9.59 Å². The molecule has 2 aromatic rings. The minimum atomic E-state index is -0.570. The number of ether oxygens (including phenoxy) is 1. The summed E-state index contributed by atoms with van der Waals surface area (Å²) in [7, 11) is 4.65. The highest BCUT2D eigenvalue weighted by molar-refractivity contribution is 6.05. The SMILES string of the molecule is COC(=O)c1ccccc1C(=O)NCC#Cc1ccc(C(=O)N(C)C)cc1. The summed E-state index contributed by atoms with van der Waals surface area (Å²) in [5.41, 5.74) is 1.75. The van der Waals surface area contributed by atoms with Crippen LogP contribution in [-0.4, -0.2) is 50.4 Å². The molecule has 0 radical (unpaired) electrons. The van der Waals surface area contributed by atoms with Gasteiger partial charge in [0.2, 0.25) is 0 Å². The highest BCUT2D eigenvalue weighted by Crippen LogP contribution is 2.10. The van der Waals surface area contributed by atoms with Crippen LogP contribution in [0.3, 0.4) is 0 Å². The van der Waals surface area contributed by atoms with Crippen molar-refractivity contribution in [3.63, 3.8) is 0 Å². The fourth-order valence-electron chi connectivity index (χ4n) is 2.29. The Morgan fingerprint density at radius 2 is 1.63 bits per heavy atom. The summed E-state index contributed by atoms with van der Waals surface area (Å²) in [6, 6.07) is 13.3. The van der Waals surface area contributed by atoms with Crippen LogP contribution < -0.4 is 5.32 Å². The Kier molecular flexibility index (Phi) is 6.73. The van der Waals surface area contributed by atoms with Gasteiger partial charge >= 0.3 is 5.97 Å². The smallest absolute Gasteiger partial charge is 0.338 e. The largest absolute Gasteiger partial charge is 0.465 e. The first kappa shape index (κ1) is 19.7. The first-order valence-electron chi connectivity index (χ1n) is 8.20. The number of hydrogen-bond donors (Lipinski definition) is 1. The molecule has 138 valence electrons. The minimum Gasteiger partial charge on any atom is -0.465 e. The number of methoxy groups -OCH3 is 1. The van der Waals surface area contributed by atoms with Crippen LogP contribution in [0.5, 0.6) is 0 Å². The molecule has 0 saturated carbocycles. The van der Waals surface area contributed by atoms with Crippen LogP contribution in [0.4, 0.5) is 0 Å². The van der Waals surface area contributed by atoms with Gasteiger partial charge in [0.05, 0.1) is 24.8 Å². The van der Waals surface area contributed by atoms with Gasteiger partial charge in [-0.25, -0.2) is 4.79 Å². The van der Waals surface area contributed by atoms with Crippen LogP contribution in [0.25, 0.3) is 0 Å². The molecule has 1 N–H and O–H groups in total. The van der Waals surface area contributed by atoms with Crippen molar-refractivity contribution in [2.24, 2.45) is 0 Å². The van der Waals surface area contributed by atoms with E-state index in [2.05, 4.69) is 21.9 Å². The third kappa shape index (κ3) is 5.19. The van der Waals surface area contributed by atoms with Gasteiger partial charge in [-0.2, -0.15) is 0 Å². The number of carbonyl (C=O) groups excluding carboxylic acids is 3. The van der Waals surface area contributed by atoms with Crippen LogP contribution in [0, 0.1) is 11.8 Å². The van der Waals surface area contributed by atoms with Gasteiger partial charge in [0.25, 0.3) is 11.8 Å². The van der Waals surface area contributed by atoms with Crippen LogP contribution in [0.15, 0.2) is 48.5 Å². The second-order valence-electron chi connectivity index (χ2n) is 5.80. The fourth-order valence-corrected chi connectivity index (χ4v) is 2.29. The molecule has 2 rings (SSSR count). The topological polar surface area (TPSA) is 75.7 Å². The Balaban J connectivity index is 1.99. The number of rotatable bonds is 4. The molecule has 2 aromatic carbocycles. The summed E-state index contributed by atoms with van der Waals surface area (Å²) >= 11 is 0. The van der Waals surface area contributed by atoms with E-state index in [1.807, 2.05) is 0 Å². The highest BCUT2D eigenvalue weighted by atomic mass is 16.5. The fraction of sp³-hybridized carbons (Fsp3) is 0.190. The molecule has 0 aliphatic rings. The molecule has 0 unspecified atom stereocenters. The van der Waals surface area contributed by atoms with Crippen molar-refractivity contribution in [2.45, 2.75) is 0 Å². The Morgan fingerprint density at radius 1 is 1.00 bits per heavy atom. The summed E-state index contributed by atoms with van der Waals surface area (Å²) in [6.45, 7) is 0.118. The molecule has 0 bridgehead atoms. The second kappa shape index (κ2) is 9.20. The van der Waals surface area contributed by atoms with E-state index in [-0.39, 0.29) is 23.6 Å². The summed E-state index contributed by atoms with van der Waals surface area (Å²) in [5.74, 6) is 4.70. The number of benzene rings is 2. The van der Waals surface area contributed by atoms with Crippen molar-refractivity contribution >= 4 is 17.8 Å². The molecule has 0 aromatic heterocycles. The standard InChI is InChI=1S/C21H20N2O4/c1-23(2)20(25)16-12-10-15(11-13-16)7-6-14-22-19(24)17-8-4-5-9-18(17)21(26)27-3/h4-5,8-13H,14H2,1-3H3,(H,22,24). The zero-order valence-corrected chi connectivity index (χ0v) is 15.4. The van der Waals surface area contributed by atoms with E-state index >= 15 is 0 Å². The lowest BCUT2D eigenvalue weighted by Gasteiger charge is -2.09. The van der Waals surface area contributed by atoms with Crippen molar-refractivity contribution in [2.75, 3.05) is 27.7 Å². The Hall–Kier alpha value is -3.59. The van der Waals surface area contributed by atoms with Crippen molar-refractivity contribution in [3.8, 4) is 11.8 Å². The van der Waals surface area contributed by atoms with Crippen molar-refractivity contribution in [3.05, 3.63) is 70.8 Å². The molecule has 27 heavy (non-hydrogen) atoms. The monoisotopic (exact) mass is 364 g/mol. The summed E-state index contributed by atoms with van der Waals surface area (Å²) in [4.78, 5) is 37.3. The third-order valence-electron chi connectivity index (χ3n) is 3.69. The summed E-state index contributed by atoms with van der Waals surface area (Å²) in [6.07, 6.45) is 0. The van der Waals surface area contributed by atoms with Gasteiger partial charge < -0.3 is 15.0 Å². The molecule has 0 heterocycles. The van der Waals surface area contributed by atoms with Crippen molar-refractivity contribution in [1.29, 1.82) is 0 Å². The van der Waals surface area contributed by atoms with E-state index in [1.165, 1.54) is 18.1 Å². The normalized spacial score (nSPS) is 9.59. The first-order chi connectivity index (χ1) is 12.9. The average molecular weight is 364 g/mol. The van der Waals surface area contributed by atoms with Crippen LogP contribution in [0.2, 0.25) is 0 Å². The van der Waals surface area contributed by atoms with Crippen LogP contribution in [0.1, 0.15) is 36.6 Å². The molecule has 6 heteroatoms. The number of amides is 2. The zero-order valence-electron chi connectivity index (χ0n) is 15.4. The van der Waals surface area contributed by atoms with Gasteiger partial charge in [-0.1, -0.05) is 24.0 Å². The zero-order chi connectivity index (χ0) is 19.8. The van der Waals surface area contributed by atoms with E-state index in [1.54, 1.807) is 56.6 Å². The second-order valence-corrected chi connectivity index (χ2v) is 5.80. The predicted molar refractivity (Wildman–Crippen MR) is 101 cm³/mol. The number of nitrogens with zero attached hydrogens (tertiary/aromatic N) is 1. The van der Waals surface area contributed by atoms with Gasteiger partial charge in [-0.15, -0.1) is 0 Å². The third-order valence-corrected chi connectivity index (χ3v) is 3.69. The number of hydrogen-bond acceptors (Lipinski definition) is 4. The van der Waals surface area contributed by atoms with E-state index in [0.29, 0.717) is 5.56 Å². The lowest BCUT2D eigenvalue weighted by atomic mass is 10.1. The molecule has 0 saturated heterocycles. The number of esters is 1. The first-order valence-corrected chi connectivity index (χ1v) is 8.20. The van der Waals surface area contributed by atoms with Crippen molar-refractivity contribution in [1.82, 2.24) is 10.2 Å². The molecule has 0 fully saturated rings. The van der Waals surface area contributed by atoms with E-state index < -0.39 is 11.9 Å². The van der Waals surface area contributed by atoms with E-state index in [4.69, 9.17) is 0 Å². The summed E-state index contributed by atoms with van der Waals surface area (Å²) in [5, 5.41) is 2.65. The lowest BCUT2D eigenvalue weighted by Crippen LogP contribution is -2.25. The van der Waals surface area contributed by atoms with Gasteiger partial charge in [-0.05, 0) is 36.4 Å². The molecule has 0 spiro atoms. The molecule has 6 nitrogen and oxygen atoms in total. The van der Waals surface area contributed by atoms with Gasteiger partial charge in [0, 0.05) is 25.2 Å². The maximum absolute atomic E-state index is 12.3. The Bertz CT molecular complexity index is 906. The molecule has 0 aliphatic carbocycles. The Morgan fingerprint density at radius 3 is 2.22 bits per heavy atom. The molecule has 0 atom stereocenters. The predicted octanol–water partition coefficient (Wildman–Crippen LogP) is 1.96. The van der Waals surface area contributed by atoms with Gasteiger partial charge in [0.15, 0.2) is 0 Å². The number of nitrogens with one attached hydrogen (secondary N) is 1. The van der Waals surface area contributed by atoms with Crippen LogP contribution in [-0.2, 0) is 4.74 Å². The highest BCUT2D eigenvalue weighted by Gasteiger charge is 2.16. The maximum Gasteiger partial charge on any atom is 0.338 e. The van der Waals surface area contributed by atoms with Crippen LogP contribution >= 0.6 is 0 Å². The average Bonchev–Trinajstić information content (AvgIpc) is 2.70. The Labute approximate surface area is 158 Å². The van der Waals surface area contributed by atoms with Gasteiger partial charge in [0.1, 0.15) is 0 Å². The molecule has 2 amide bonds. The molecule has 0 aliphatic heterocycles. The number of carbonyl (C=O) groups is 3. The van der Waals surface area contributed by atoms with E-state index in [0.717, 1.165) is 5.56 Å².